The van der Waals surface area contributed by atoms with Crippen molar-refractivity contribution in [2.45, 2.75) is 49.4 Å². The molecule has 0 radical (unpaired) electrons. The van der Waals surface area contributed by atoms with E-state index in [-0.39, 0.29) is 11.0 Å². The Labute approximate surface area is 123 Å². The average Bonchev–Trinajstić information content (AvgIpc) is 2.99. The van der Waals surface area contributed by atoms with E-state index in [9.17, 15) is 4.79 Å². The van der Waals surface area contributed by atoms with Crippen molar-refractivity contribution >= 4 is 29.5 Å². The van der Waals surface area contributed by atoms with Crippen LogP contribution in [0.3, 0.4) is 0 Å². The quantitative estimate of drug-likeness (QED) is 0.846. The van der Waals surface area contributed by atoms with E-state index >= 15 is 0 Å². The smallest absolute Gasteiger partial charge is 0.303 e. The molecule has 2 unspecified atom stereocenters. The van der Waals surface area contributed by atoms with Crippen LogP contribution in [0.2, 0.25) is 0 Å². The van der Waals surface area contributed by atoms with E-state index in [0.29, 0.717) is 11.7 Å². The largest absolute Gasteiger partial charge is 0.481 e. The fourth-order valence-electron chi connectivity index (χ4n) is 3.15. The van der Waals surface area contributed by atoms with E-state index in [0.717, 1.165) is 37.4 Å². The zero-order valence-corrected chi connectivity index (χ0v) is 12.9. The topological polar surface area (TPSA) is 46.5 Å². The minimum atomic E-state index is -0.631. The van der Waals surface area contributed by atoms with Gasteiger partial charge in [-0.1, -0.05) is 0 Å². The summed E-state index contributed by atoms with van der Waals surface area (Å²) in [5.41, 5.74) is 0.288. The number of carboxylic acids is 1. The lowest BCUT2D eigenvalue weighted by molar-refractivity contribution is -0.138. The monoisotopic (exact) mass is 302 g/mol. The van der Waals surface area contributed by atoms with Crippen LogP contribution in [0.15, 0.2) is 0 Å². The summed E-state index contributed by atoms with van der Waals surface area (Å²) in [5, 5.41) is 9.64. The van der Waals surface area contributed by atoms with Gasteiger partial charge >= 0.3 is 5.97 Å². The van der Waals surface area contributed by atoms with Crippen LogP contribution in [0.5, 0.6) is 0 Å². The van der Waals surface area contributed by atoms with Crippen LogP contribution in [0.1, 0.15) is 38.5 Å². The van der Waals surface area contributed by atoms with Crippen LogP contribution < -0.4 is 0 Å². The first-order valence-corrected chi connectivity index (χ1v) is 9.37. The van der Waals surface area contributed by atoms with E-state index in [2.05, 4.69) is 0 Å². The van der Waals surface area contributed by atoms with Crippen molar-refractivity contribution in [1.82, 2.24) is 0 Å². The molecule has 1 spiro atoms. The highest BCUT2D eigenvalue weighted by Gasteiger charge is 2.46. The summed E-state index contributed by atoms with van der Waals surface area (Å²) >= 11 is 4.03. The standard InChI is InChI=1S/C14H22O3S2/c15-12(16)8-13(2-3-13)9-19-11-1-5-17-14(7-11)4-6-18-10-14/h11H,1-10H2,(H,15,16). The minimum absolute atomic E-state index is 0.131. The molecule has 3 rings (SSSR count). The fraction of sp³-hybridized carbons (Fsp3) is 0.929. The van der Waals surface area contributed by atoms with Gasteiger partial charge in [-0.25, -0.2) is 0 Å². The van der Waals surface area contributed by atoms with E-state index in [1.54, 1.807) is 0 Å². The first-order chi connectivity index (χ1) is 9.12. The molecule has 3 nitrogen and oxygen atoms in total. The molecule has 5 heteroatoms. The van der Waals surface area contributed by atoms with Crippen LogP contribution in [-0.2, 0) is 9.53 Å². The predicted octanol–water partition coefficient (Wildman–Crippen LogP) is 3.03. The van der Waals surface area contributed by atoms with Crippen molar-refractivity contribution in [2.24, 2.45) is 5.41 Å². The van der Waals surface area contributed by atoms with Crippen LogP contribution in [0, 0.1) is 5.41 Å². The van der Waals surface area contributed by atoms with Crippen molar-refractivity contribution in [3.63, 3.8) is 0 Å². The average molecular weight is 302 g/mol. The Morgan fingerprint density at radius 2 is 2.26 bits per heavy atom. The molecular weight excluding hydrogens is 280 g/mol. The molecule has 2 aliphatic heterocycles. The number of rotatable bonds is 5. The van der Waals surface area contributed by atoms with Crippen LogP contribution in [0.4, 0.5) is 0 Å². The van der Waals surface area contributed by atoms with E-state index in [1.165, 1.54) is 18.6 Å². The second-order valence-electron chi connectivity index (χ2n) is 6.33. The van der Waals surface area contributed by atoms with Gasteiger partial charge in [0, 0.05) is 17.6 Å². The molecule has 1 N–H and O–H groups in total. The Kier molecular flexibility index (Phi) is 4.07. The maximum Gasteiger partial charge on any atom is 0.303 e. The van der Waals surface area contributed by atoms with Gasteiger partial charge < -0.3 is 9.84 Å². The molecule has 1 aliphatic carbocycles. The number of thioether (sulfide) groups is 2. The third-order valence-corrected chi connectivity index (χ3v) is 7.50. The third kappa shape index (κ3) is 3.42. The summed E-state index contributed by atoms with van der Waals surface area (Å²) in [5.74, 6) is 2.80. The molecule has 2 atom stereocenters. The Morgan fingerprint density at radius 3 is 2.89 bits per heavy atom. The molecule has 0 aromatic carbocycles. The lowest BCUT2D eigenvalue weighted by Crippen LogP contribution is -2.41. The SMILES string of the molecule is O=C(O)CC1(CSC2CCOC3(CCSC3)C2)CC1. The Balaban J connectivity index is 1.49. The highest BCUT2D eigenvalue weighted by Crippen LogP contribution is 2.52. The second kappa shape index (κ2) is 5.49. The van der Waals surface area contributed by atoms with Gasteiger partial charge in [-0.15, -0.1) is 0 Å². The first kappa shape index (κ1) is 14.1. The molecule has 1 saturated carbocycles. The summed E-state index contributed by atoms with van der Waals surface area (Å²) < 4.78 is 6.04. The van der Waals surface area contributed by atoms with Crippen molar-refractivity contribution < 1.29 is 14.6 Å². The first-order valence-electron chi connectivity index (χ1n) is 7.17. The molecule has 0 aromatic rings. The number of carboxylic acid groups (broad SMARTS) is 1. The lowest BCUT2D eigenvalue weighted by atomic mass is 9.93. The second-order valence-corrected chi connectivity index (χ2v) is 8.72. The highest BCUT2D eigenvalue weighted by molar-refractivity contribution is 8.00. The zero-order chi connectivity index (χ0) is 13.3. The molecule has 3 fully saturated rings. The Hall–Kier alpha value is 0.130. The van der Waals surface area contributed by atoms with Crippen molar-refractivity contribution in [2.75, 3.05) is 23.9 Å². The summed E-state index contributed by atoms with van der Waals surface area (Å²) in [6.45, 7) is 0.893. The molecular formula is C14H22O3S2. The van der Waals surface area contributed by atoms with E-state index in [1.807, 2.05) is 23.5 Å². The molecule has 0 aromatic heterocycles. The van der Waals surface area contributed by atoms with Gasteiger partial charge in [0.05, 0.1) is 12.0 Å². The summed E-state index contributed by atoms with van der Waals surface area (Å²) in [4.78, 5) is 10.9. The number of hydrogen-bond acceptors (Lipinski definition) is 4. The van der Waals surface area contributed by atoms with Crippen molar-refractivity contribution in [3.05, 3.63) is 0 Å². The molecule has 0 amide bonds. The van der Waals surface area contributed by atoms with Crippen molar-refractivity contribution in [3.8, 4) is 0 Å². The van der Waals surface area contributed by atoms with Crippen LogP contribution in [-0.4, -0.2) is 45.8 Å². The van der Waals surface area contributed by atoms with Gasteiger partial charge in [0.1, 0.15) is 0 Å². The van der Waals surface area contributed by atoms with Crippen LogP contribution in [0.25, 0.3) is 0 Å². The molecule has 0 bridgehead atoms. The number of aliphatic carboxylic acids is 1. The third-order valence-electron chi connectivity index (χ3n) is 4.62. The summed E-state index contributed by atoms with van der Waals surface area (Å²) in [7, 11) is 0. The maximum atomic E-state index is 10.9. The number of ether oxygens (including phenoxy) is 1. The summed E-state index contributed by atoms with van der Waals surface area (Å²) in [6.07, 6.45) is 6.10. The Bertz CT molecular complexity index is 349. The maximum absolute atomic E-state index is 10.9. The minimum Gasteiger partial charge on any atom is -0.481 e. The molecule has 108 valence electrons. The molecule has 2 saturated heterocycles. The van der Waals surface area contributed by atoms with Gasteiger partial charge in [-0.3, -0.25) is 4.79 Å². The molecule has 3 aliphatic rings. The molecule has 2 heterocycles. The van der Waals surface area contributed by atoms with Gasteiger partial charge in [0.2, 0.25) is 0 Å². The fourth-order valence-corrected chi connectivity index (χ4v) is 6.20. The van der Waals surface area contributed by atoms with E-state index < -0.39 is 5.97 Å². The normalized spacial score (nSPS) is 36.5. The van der Waals surface area contributed by atoms with Gasteiger partial charge in [0.15, 0.2) is 0 Å². The van der Waals surface area contributed by atoms with Crippen molar-refractivity contribution in [1.29, 1.82) is 0 Å². The Morgan fingerprint density at radius 1 is 1.42 bits per heavy atom. The van der Waals surface area contributed by atoms with E-state index in [4.69, 9.17) is 9.84 Å². The lowest BCUT2D eigenvalue weighted by Gasteiger charge is -2.37. The predicted molar refractivity (Wildman–Crippen MR) is 80.0 cm³/mol. The summed E-state index contributed by atoms with van der Waals surface area (Å²) in [6, 6.07) is 0. The van der Waals surface area contributed by atoms with Gasteiger partial charge in [-0.2, -0.15) is 23.5 Å². The number of carbonyl (C=O) groups is 1. The molecule has 19 heavy (non-hydrogen) atoms. The van der Waals surface area contributed by atoms with Gasteiger partial charge in [-0.05, 0) is 49.0 Å². The van der Waals surface area contributed by atoms with Gasteiger partial charge in [0.25, 0.3) is 0 Å². The number of hydrogen-bond donors (Lipinski definition) is 1. The van der Waals surface area contributed by atoms with Crippen LogP contribution >= 0.6 is 23.5 Å². The zero-order valence-electron chi connectivity index (χ0n) is 11.2. The highest BCUT2D eigenvalue weighted by atomic mass is 32.2.